The molecule has 0 radical (unpaired) electrons. The summed E-state index contributed by atoms with van der Waals surface area (Å²) in [7, 11) is 0. The lowest BCUT2D eigenvalue weighted by Crippen LogP contribution is -2.28. The molecular weight excluding hydrogens is 293 g/mol. The first kappa shape index (κ1) is 17.6. The zero-order valence-corrected chi connectivity index (χ0v) is 13.1. The Morgan fingerprint density at radius 1 is 0.909 bits per heavy atom. The zero-order valence-electron chi connectivity index (χ0n) is 13.1. The third-order valence-corrected chi connectivity index (χ3v) is 5.75. The maximum Gasteiger partial charge on any atom is 0.389 e. The van der Waals surface area contributed by atoms with Crippen molar-refractivity contribution in [2.45, 2.75) is 76.8 Å². The molecule has 0 amide bonds. The standard InChI is InChI=1S/C17H27F3O2/c18-17(19,20)11-1-2-12-3-5-13(6-4-12)14-7-9-15(10-8-14)16(21)22/h12-15H,1-11H2,(H,21,22). The number of alkyl halides is 3. The second-order valence-electron chi connectivity index (χ2n) is 7.24. The predicted octanol–water partition coefficient (Wildman–Crippen LogP) is 5.42. The van der Waals surface area contributed by atoms with E-state index in [1.54, 1.807) is 0 Å². The van der Waals surface area contributed by atoms with Crippen molar-refractivity contribution in [3.8, 4) is 0 Å². The molecule has 0 aromatic rings. The van der Waals surface area contributed by atoms with Gasteiger partial charge in [-0.05, 0) is 62.7 Å². The van der Waals surface area contributed by atoms with Crippen molar-refractivity contribution in [1.29, 1.82) is 0 Å². The predicted molar refractivity (Wildman–Crippen MR) is 78.4 cm³/mol. The first-order valence-corrected chi connectivity index (χ1v) is 8.64. The average Bonchev–Trinajstić information content (AvgIpc) is 2.47. The van der Waals surface area contributed by atoms with Crippen LogP contribution < -0.4 is 0 Å². The molecule has 2 rings (SSSR count). The van der Waals surface area contributed by atoms with Crippen LogP contribution in [-0.4, -0.2) is 17.3 Å². The summed E-state index contributed by atoms with van der Waals surface area (Å²) < 4.78 is 36.5. The normalized spacial score (nSPS) is 33.6. The lowest BCUT2D eigenvalue weighted by Gasteiger charge is -2.37. The van der Waals surface area contributed by atoms with Gasteiger partial charge in [0, 0.05) is 6.42 Å². The van der Waals surface area contributed by atoms with Crippen LogP contribution in [0, 0.1) is 23.7 Å². The van der Waals surface area contributed by atoms with Gasteiger partial charge in [0.25, 0.3) is 0 Å². The molecule has 2 aliphatic rings. The number of halogens is 3. The zero-order chi connectivity index (χ0) is 16.2. The van der Waals surface area contributed by atoms with Gasteiger partial charge in [-0.15, -0.1) is 0 Å². The van der Waals surface area contributed by atoms with E-state index >= 15 is 0 Å². The van der Waals surface area contributed by atoms with E-state index in [1.807, 2.05) is 0 Å². The van der Waals surface area contributed by atoms with E-state index in [4.69, 9.17) is 5.11 Å². The fourth-order valence-electron chi connectivity index (χ4n) is 4.38. The van der Waals surface area contributed by atoms with Crippen LogP contribution in [0.1, 0.15) is 70.6 Å². The first-order chi connectivity index (χ1) is 10.3. The van der Waals surface area contributed by atoms with E-state index in [0.29, 0.717) is 24.2 Å². The Morgan fingerprint density at radius 3 is 1.86 bits per heavy atom. The summed E-state index contributed by atoms with van der Waals surface area (Å²) >= 11 is 0. The van der Waals surface area contributed by atoms with Gasteiger partial charge in [-0.25, -0.2) is 0 Å². The highest BCUT2D eigenvalue weighted by atomic mass is 19.4. The number of hydrogen-bond acceptors (Lipinski definition) is 1. The fourth-order valence-corrected chi connectivity index (χ4v) is 4.38. The monoisotopic (exact) mass is 320 g/mol. The topological polar surface area (TPSA) is 37.3 Å². The summed E-state index contributed by atoms with van der Waals surface area (Å²) in [5, 5.41) is 9.03. The van der Waals surface area contributed by atoms with E-state index < -0.39 is 18.6 Å². The van der Waals surface area contributed by atoms with Gasteiger partial charge < -0.3 is 5.11 Å². The number of carbonyl (C=O) groups is 1. The fraction of sp³-hybridized carbons (Fsp3) is 0.941. The second kappa shape index (κ2) is 7.69. The molecule has 2 nitrogen and oxygen atoms in total. The number of rotatable bonds is 5. The lowest BCUT2D eigenvalue weighted by atomic mass is 9.68. The maximum atomic E-state index is 12.2. The number of carboxylic acids is 1. The van der Waals surface area contributed by atoms with Gasteiger partial charge in [0.1, 0.15) is 0 Å². The summed E-state index contributed by atoms with van der Waals surface area (Å²) in [4.78, 5) is 11.0. The minimum atomic E-state index is -4.01. The largest absolute Gasteiger partial charge is 0.481 e. The Bertz CT molecular complexity index is 351. The minimum absolute atomic E-state index is 0.157. The Morgan fingerprint density at radius 2 is 1.41 bits per heavy atom. The molecule has 0 aromatic carbocycles. The molecular formula is C17H27F3O2. The second-order valence-corrected chi connectivity index (χ2v) is 7.24. The Balaban J connectivity index is 1.64. The minimum Gasteiger partial charge on any atom is -0.481 e. The molecule has 0 spiro atoms. The Labute approximate surface area is 130 Å². The third kappa shape index (κ3) is 5.47. The molecule has 0 aliphatic heterocycles. The van der Waals surface area contributed by atoms with Gasteiger partial charge in [0.05, 0.1) is 5.92 Å². The molecule has 2 saturated carbocycles. The van der Waals surface area contributed by atoms with Crippen LogP contribution in [0.4, 0.5) is 13.2 Å². The lowest BCUT2D eigenvalue weighted by molar-refractivity contribution is -0.143. The summed E-state index contributed by atoms with van der Waals surface area (Å²) in [6.07, 6.45) is 4.30. The van der Waals surface area contributed by atoms with Crippen molar-refractivity contribution in [3.63, 3.8) is 0 Å². The maximum absolute atomic E-state index is 12.2. The smallest absolute Gasteiger partial charge is 0.389 e. The Kier molecular flexibility index (Phi) is 6.16. The van der Waals surface area contributed by atoms with Crippen LogP contribution >= 0.6 is 0 Å². The average molecular weight is 320 g/mol. The van der Waals surface area contributed by atoms with E-state index in [9.17, 15) is 18.0 Å². The van der Waals surface area contributed by atoms with E-state index in [2.05, 4.69) is 0 Å². The molecule has 0 atom stereocenters. The molecule has 1 N–H and O–H groups in total. The van der Waals surface area contributed by atoms with Crippen LogP contribution in [0.25, 0.3) is 0 Å². The molecule has 2 fully saturated rings. The molecule has 22 heavy (non-hydrogen) atoms. The van der Waals surface area contributed by atoms with Crippen molar-refractivity contribution in [2.75, 3.05) is 0 Å². The third-order valence-electron chi connectivity index (χ3n) is 5.75. The highest BCUT2D eigenvalue weighted by molar-refractivity contribution is 5.69. The van der Waals surface area contributed by atoms with Gasteiger partial charge >= 0.3 is 12.1 Å². The van der Waals surface area contributed by atoms with Gasteiger partial charge in [0.15, 0.2) is 0 Å². The van der Waals surface area contributed by atoms with E-state index in [-0.39, 0.29) is 12.3 Å². The van der Waals surface area contributed by atoms with Crippen molar-refractivity contribution < 1.29 is 23.1 Å². The van der Waals surface area contributed by atoms with Gasteiger partial charge in [-0.1, -0.05) is 19.3 Å². The van der Waals surface area contributed by atoms with Crippen LogP contribution in [0.5, 0.6) is 0 Å². The number of hydrogen-bond donors (Lipinski definition) is 1. The number of carboxylic acid groups (broad SMARTS) is 1. The quantitative estimate of drug-likeness (QED) is 0.734. The molecule has 0 aromatic heterocycles. The van der Waals surface area contributed by atoms with Crippen molar-refractivity contribution in [2.24, 2.45) is 23.7 Å². The van der Waals surface area contributed by atoms with Gasteiger partial charge in [-0.2, -0.15) is 13.2 Å². The van der Waals surface area contributed by atoms with Gasteiger partial charge in [-0.3, -0.25) is 4.79 Å². The summed E-state index contributed by atoms with van der Waals surface area (Å²) in [5.74, 6) is 0.969. The van der Waals surface area contributed by atoms with Crippen molar-refractivity contribution in [1.82, 2.24) is 0 Å². The summed E-state index contributed by atoms with van der Waals surface area (Å²) in [6.45, 7) is 0. The van der Waals surface area contributed by atoms with Crippen LogP contribution in [0.2, 0.25) is 0 Å². The highest BCUT2D eigenvalue weighted by Gasteiger charge is 2.33. The van der Waals surface area contributed by atoms with E-state index in [1.165, 1.54) is 0 Å². The molecule has 5 heteroatoms. The summed E-state index contributed by atoms with van der Waals surface area (Å²) in [5.41, 5.74) is 0. The molecule has 2 aliphatic carbocycles. The van der Waals surface area contributed by atoms with Crippen LogP contribution in [-0.2, 0) is 4.79 Å². The molecule has 0 heterocycles. The molecule has 0 bridgehead atoms. The van der Waals surface area contributed by atoms with E-state index in [0.717, 1.165) is 51.4 Å². The Hall–Kier alpha value is -0.740. The molecule has 128 valence electrons. The molecule has 0 saturated heterocycles. The highest BCUT2D eigenvalue weighted by Crippen LogP contribution is 2.42. The van der Waals surface area contributed by atoms with Crippen LogP contribution in [0.15, 0.2) is 0 Å². The summed E-state index contributed by atoms with van der Waals surface area (Å²) in [6, 6.07) is 0. The molecule has 0 unspecified atom stereocenters. The SMILES string of the molecule is O=C(O)C1CCC(C2CCC(CCCC(F)(F)F)CC2)CC1. The van der Waals surface area contributed by atoms with Gasteiger partial charge in [0.2, 0.25) is 0 Å². The first-order valence-electron chi connectivity index (χ1n) is 8.64. The number of aliphatic carboxylic acids is 1. The van der Waals surface area contributed by atoms with Crippen molar-refractivity contribution >= 4 is 5.97 Å². The van der Waals surface area contributed by atoms with Crippen molar-refractivity contribution in [3.05, 3.63) is 0 Å². The van der Waals surface area contributed by atoms with Crippen LogP contribution in [0.3, 0.4) is 0 Å².